The van der Waals surface area contributed by atoms with Crippen LogP contribution in [0.2, 0.25) is 0 Å². The molecule has 0 radical (unpaired) electrons. The van der Waals surface area contributed by atoms with Gasteiger partial charge in [0.25, 0.3) is 0 Å². The van der Waals surface area contributed by atoms with Gasteiger partial charge in [-0.15, -0.1) is 0 Å². The van der Waals surface area contributed by atoms with Crippen molar-refractivity contribution in [2.75, 3.05) is 13.6 Å². The van der Waals surface area contributed by atoms with Crippen molar-refractivity contribution in [2.24, 2.45) is 5.92 Å². The van der Waals surface area contributed by atoms with Crippen LogP contribution in [0.3, 0.4) is 0 Å². The Hall–Kier alpha value is -2.62. The smallest absolute Gasteiger partial charge is 0.107 e. The number of hydrogen-bond acceptors (Lipinski definition) is 2. The van der Waals surface area contributed by atoms with Crippen molar-refractivity contribution < 1.29 is 4.48 Å². The van der Waals surface area contributed by atoms with Crippen LogP contribution in [0.25, 0.3) is 0 Å². The van der Waals surface area contributed by atoms with E-state index >= 15 is 0 Å². The molecule has 0 N–H and O–H groups in total. The van der Waals surface area contributed by atoms with E-state index in [-0.39, 0.29) is 0 Å². The lowest BCUT2D eigenvalue weighted by atomic mass is 9.67. The summed E-state index contributed by atoms with van der Waals surface area (Å²) in [6, 6.07) is 27.2. The molecule has 2 bridgehead atoms. The lowest BCUT2D eigenvalue weighted by Gasteiger charge is -2.48. The van der Waals surface area contributed by atoms with Gasteiger partial charge in [-0.1, -0.05) is 60.7 Å². The molecule has 30 heavy (non-hydrogen) atoms. The molecule has 0 aliphatic carbocycles. The van der Waals surface area contributed by atoms with E-state index in [0.717, 1.165) is 35.0 Å². The summed E-state index contributed by atoms with van der Waals surface area (Å²) in [5.74, 6) is 0.560. The van der Waals surface area contributed by atoms with E-state index in [1.165, 1.54) is 25.7 Å². The van der Waals surface area contributed by atoms with Crippen molar-refractivity contribution >= 4 is 0 Å². The predicted molar refractivity (Wildman–Crippen MR) is 119 cm³/mol. The first kappa shape index (κ1) is 20.6. The van der Waals surface area contributed by atoms with Gasteiger partial charge in [-0.05, 0) is 23.5 Å². The summed E-state index contributed by atoms with van der Waals surface area (Å²) in [4.78, 5) is 0. The maximum Gasteiger partial charge on any atom is 0.107 e. The highest BCUT2D eigenvalue weighted by molar-refractivity contribution is 5.45. The van der Waals surface area contributed by atoms with E-state index < -0.39 is 5.41 Å². The van der Waals surface area contributed by atoms with Gasteiger partial charge < -0.3 is 4.48 Å². The van der Waals surface area contributed by atoms with Gasteiger partial charge in [-0.25, -0.2) is 0 Å². The summed E-state index contributed by atoms with van der Waals surface area (Å²) in [5.41, 5.74) is 1.64. The number of nitrogens with zero attached hydrogens (tertiary/aromatic N) is 3. The average molecular weight is 399 g/mol. The molecule has 3 heteroatoms. The monoisotopic (exact) mass is 398 g/mol. The first-order valence-corrected chi connectivity index (χ1v) is 11.4. The number of quaternary nitrogens is 1. The Labute approximate surface area is 181 Å². The van der Waals surface area contributed by atoms with Gasteiger partial charge in [-0.3, -0.25) is 0 Å². The molecule has 0 spiro atoms. The minimum absolute atomic E-state index is 0.560. The fourth-order valence-corrected chi connectivity index (χ4v) is 6.34. The Balaban J connectivity index is 1.60. The molecular weight excluding hydrogens is 366 g/mol. The van der Waals surface area contributed by atoms with Crippen LogP contribution in [-0.4, -0.2) is 30.2 Å². The Bertz CT molecular complexity index is 869. The van der Waals surface area contributed by atoms with E-state index in [0.29, 0.717) is 24.4 Å². The molecule has 2 saturated heterocycles. The molecule has 2 aliphatic rings. The van der Waals surface area contributed by atoms with E-state index in [9.17, 15) is 5.26 Å². The zero-order valence-corrected chi connectivity index (χ0v) is 18.0. The van der Waals surface area contributed by atoms with Gasteiger partial charge in [0, 0.05) is 38.5 Å². The molecule has 0 aromatic heterocycles. The van der Waals surface area contributed by atoms with Crippen LogP contribution >= 0.6 is 0 Å². The van der Waals surface area contributed by atoms with Crippen LogP contribution in [0.15, 0.2) is 60.7 Å². The van der Waals surface area contributed by atoms with Crippen LogP contribution in [0.4, 0.5) is 0 Å². The molecule has 0 saturated carbocycles. The van der Waals surface area contributed by atoms with Crippen LogP contribution in [0.1, 0.15) is 56.1 Å². The minimum atomic E-state index is -0.589. The first-order chi connectivity index (χ1) is 14.6. The largest absolute Gasteiger partial charge is 0.321 e. The van der Waals surface area contributed by atoms with Gasteiger partial charge in [0.1, 0.15) is 5.41 Å². The highest BCUT2D eigenvalue weighted by Gasteiger charge is 2.52. The number of hydrogen-bond donors (Lipinski definition) is 0. The third-order valence-corrected chi connectivity index (χ3v) is 7.96. The number of fused-ring (bicyclic) bond motifs is 2. The van der Waals surface area contributed by atoms with Gasteiger partial charge in [0.2, 0.25) is 0 Å². The third-order valence-electron chi connectivity index (χ3n) is 7.96. The average Bonchev–Trinajstić information content (AvgIpc) is 2.95. The number of benzene rings is 2. The molecule has 0 amide bonds. The molecule has 2 atom stereocenters. The molecule has 4 rings (SSSR count). The highest BCUT2D eigenvalue weighted by Crippen LogP contribution is 2.48. The Morgan fingerprint density at radius 2 is 1.43 bits per heavy atom. The summed E-state index contributed by atoms with van der Waals surface area (Å²) in [6.45, 7) is 1.12. The number of rotatable bonds is 7. The maximum absolute atomic E-state index is 10.5. The fraction of sp³-hybridized carbons (Fsp3) is 0.481. The summed E-state index contributed by atoms with van der Waals surface area (Å²) in [7, 11) is 2.42. The minimum Gasteiger partial charge on any atom is -0.321 e. The van der Waals surface area contributed by atoms with E-state index in [1.807, 2.05) is 12.1 Å². The predicted octanol–water partition coefficient (Wildman–Crippen LogP) is 5.58. The topological polar surface area (TPSA) is 47.6 Å². The van der Waals surface area contributed by atoms with Gasteiger partial charge in [0.05, 0.1) is 37.8 Å². The summed E-state index contributed by atoms with van der Waals surface area (Å²) in [5, 5.41) is 19.5. The van der Waals surface area contributed by atoms with Gasteiger partial charge in [0.15, 0.2) is 0 Å². The number of piperidine rings is 1. The molecule has 2 unspecified atom stereocenters. The molecule has 2 aromatic rings. The highest BCUT2D eigenvalue weighted by atomic mass is 15.4. The van der Waals surface area contributed by atoms with Gasteiger partial charge >= 0.3 is 0 Å². The molecule has 2 heterocycles. The van der Waals surface area contributed by atoms with Crippen LogP contribution in [0, 0.1) is 28.6 Å². The number of nitriles is 2. The fourth-order valence-electron chi connectivity index (χ4n) is 6.34. The second kappa shape index (κ2) is 8.63. The zero-order chi connectivity index (χ0) is 21.0. The molecule has 154 valence electrons. The molecular formula is C27H32N3+. The first-order valence-electron chi connectivity index (χ1n) is 11.4. The molecule has 2 aliphatic heterocycles. The van der Waals surface area contributed by atoms with Crippen molar-refractivity contribution in [1.29, 1.82) is 10.5 Å². The van der Waals surface area contributed by atoms with Crippen LogP contribution in [0.5, 0.6) is 0 Å². The lowest BCUT2D eigenvalue weighted by molar-refractivity contribution is -0.949. The zero-order valence-electron chi connectivity index (χ0n) is 18.0. The van der Waals surface area contributed by atoms with Crippen LogP contribution < -0.4 is 0 Å². The Morgan fingerprint density at radius 3 is 1.90 bits per heavy atom. The van der Waals surface area contributed by atoms with Crippen molar-refractivity contribution in [2.45, 2.75) is 62.4 Å². The van der Waals surface area contributed by atoms with Crippen molar-refractivity contribution in [3.63, 3.8) is 0 Å². The Kier molecular flexibility index (Phi) is 5.94. The van der Waals surface area contributed by atoms with Gasteiger partial charge in [-0.2, -0.15) is 10.5 Å². The second-order valence-corrected chi connectivity index (χ2v) is 9.51. The summed E-state index contributed by atoms with van der Waals surface area (Å²) >= 11 is 0. The van der Waals surface area contributed by atoms with E-state index in [1.54, 1.807) is 0 Å². The summed E-state index contributed by atoms with van der Waals surface area (Å²) < 4.78 is 1.15. The van der Waals surface area contributed by atoms with Crippen molar-refractivity contribution in [3.05, 3.63) is 71.8 Å². The van der Waals surface area contributed by atoms with Crippen LogP contribution in [-0.2, 0) is 5.41 Å². The Morgan fingerprint density at radius 1 is 0.900 bits per heavy atom. The van der Waals surface area contributed by atoms with E-state index in [4.69, 9.17) is 5.26 Å². The standard InChI is InChI=1S/C27H32N3/c1-30(17-9-8-16-28)25-14-15-26(30)19-22(18-25)20-27(21-29,23-10-4-2-5-11-23)24-12-6-3-7-13-24/h2-7,10-13,22,25-26H,8-9,14-15,17-20H2,1H3/q+1. The van der Waals surface area contributed by atoms with Crippen molar-refractivity contribution in [3.8, 4) is 12.1 Å². The SMILES string of the molecule is C[N+]1(CCCC#N)C2CCC1CC(CC(C#N)(c1ccccc1)c1ccccc1)C2. The van der Waals surface area contributed by atoms with E-state index in [2.05, 4.69) is 67.7 Å². The molecule has 3 nitrogen and oxygen atoms in total. The number of unbranched alkanes of at least 4 members (excludes halogenated alkanes) is 1. The maximum atomic E-state index is 10.5. The quantitative estimate of drug-likeness (QED) is 0.452. The molecule has 2 aromatic carbocycles. The summed E-state index contributed by atoms with van der Waals surface area (Å²) in [6.07, 6.45) is 7.53. The lowest BCUT2D eigenvalue weighted by Crippen LogP contribution is -2.58. The third kappa shape index (κ3) is 3.64. The normalized spacial score (nSPS) is 27.9. The molecule has 2 fully saturated rings. The van der Waals surface area contributed by atoms with Crippen molar-refractivity contribution in [1.82, 2.24) is 0 Å². The second-order valence-electron chi connectivity index (χ2n) is 9.51.